The lowest BCUT2D eigenvalue weighted by molar-refractivity contribution is -0.123. The topological polar surface area (TPSA) is 83.3 Å². The summed E-state index contributed by atoms with van der Waals surface area (Å²) in [7, 11) is 1.72. The number of carbonyl (C=O) groups is 1. The molecule has 1 aromatic rings. The van der Waals surface area contributed by atoms with Crippen LogP contribution in [0, 0.1) is 24.2 Å². The summed E-state index contributed by atoms with van der Waals surface area (Å²) in [6.07, 6.45) is 2.47. The SMILES string of the molecule is Cc1ccc(N(C)C(=O)C2CCC(N)(C#N)CC2)o1. The average molecular weight is 261 g/mol. The van der Waals surface area contributed by atoms with Crippen molar-refractivity contribution >= 4 is 11.8 Å². The predicted octanol–water partition coefficient (Wildman–Crippen LogP) is 1.96. The zero-order valence-corrected chi connectivity index (χ0v) is 11.3. The summed E-state index contributed by atoms with van der Waals surface area (Å²) in [5.74, 6) is 1.31. The number of nitrogens with zero attached hydrogens (tertiary/aromatic N) is 2. The molecule has 0 saturated heterocycles. The van der Waals surface area contributed by atoms with Crippen molar-refractivity contribution in [2.75, 3.05) is 11.9 Å². The van der Waals surface area contributed by atoms with Crippen molar-refractivity contribution in [1.29, 1.82) is 5.26 Å². The second-order valence-corrected chi connectivity index (χ2v) is 5.32. The van der Waals surface area contributed by atoms with Crippen LogP contribution < -0.4 is 10.6 Å². The Morgan fingerprint density at radius 3 is 2.63 bits per heavy atom. The molecule has 0 bridgehead atoms. The molecule has 0 aliphatic heterocycles. The number of amides is 1. The number of hydrogen-bond acceptors (Lipinski definition) is 4. The van der Waals surface area contributed by atoms with E-state index < -0.39 is 5.54 Å². The molecular weight excluding hydrogens is 242 g/mol. The van der Waals surface area contributed by atoms with Gasteiger partial charge in [0.1, 0.15) is 11.3 Å². The molecule has 1 amide bonds. The largest absolute Gasteiger partial charge is 0.445 e. The van der Waals surface area contributed by atoms with Gasteiger partial charge in [-0.05, 0) is 38.7 Å². The number of anilines is 1. The predicted molar refractivity (Wildman–Crippen MR) is 71.3 cm³/mol. The fourth-order valence-electron chi connectivity index (χ4n) is 2.48. The Morgan fingerprint density at radius 1 is 1.53 bits per heavy atom. The van der Waals surface area contributed by atoms with Gasteiger partial charge in [0.25, 0.3) is 0 Å². The highest BCUT2D eigenvalue weighted by molar-refractivity contribution is 5.93. The molecule has 0 atom stereocenters. The first-order chi connectivity index (χ1) is 8.95. The minimum atomic E-state index is -0.753. The molecule has 0 aromatic carbocycles. The van der Waals surface area contributed by atoms with Gasteiger partial charge in [0.2, 0.25) is 11.8 Å². The van der Waals surface area contributed by atoms with Crippen LogP contribution in [0.3, 0.4) is 0 Å². The van der Waals surface area contributed by atoms with E-state index in [4.69, 9.17) is 15.4 Å². The van der Waals surface area contributed by atoms with E-state index in [1.54, 1.807) is 18.0 Å². The van der Waals surface area contributed by atoms with Gasteiger partial charge < -0.3 is 10.2 Å². The summed E-state index contributed by atoms with van der Waals surface area (Å²) in [5.41, 5.74) is 5.15. The summed E-state index contributed by atoms with van der Waals surface area (Å²) in [4.78, 5) is 13.9. The first-order valence-corrected chi connectivity index (χ1v) is 6.49. The molecule has 1 fully saturated rings. The number of nitriles is 1. The lowest BCUT2D eigenvalue weighted by Gasteiger charge is -2.32. The molecule has 2 N–H and O–H groups in total. The van der Waals surface area contributed by atoms with Crippen molar-refractivity contribution in [2.24, 2.45) is 11.7 Å². The van der Waals surface area contributed by atoms with E-state index in [-0.39, 0.29) is 11.8 Å². The van der Waals surface area contributed by atoms with Gasteiger partial charge in [-0.1, -0.05) is 0 Å². The summed E-state index contributed by atoms with van der Waals surface area (Å²) < 4.78 is 5.45. The molecule has 0 spiro atoms. The minimum absolute atomic E-state index is 0.0364. The number of furan rings is 1. The normalized spacial score (nSPS) is 26.7. The van der Waals surface area contributed by atoms with Crippen LogP contribution >= 0.6 is 0 Å². The van der Waals surface area contributed by atoms with Gasteiger partial charge in [0, 0.05) is 19.0 Å². The number of hydrogen-bond donors (Lipinski definition) is 1. The van der Waals surface area contributed by atoms with Gasteiger partial charge >= 0.3 is 0 Å². The Hall–Kier alpha value is -1.80. The van der Waals surface area contributed by atoms with Crippen LogP contribution in [0.4, 0.5) is 5.88 Å². The lowest BCUT2D eigenvalue weighted by atomic mass is 9.77. The van der Waals surface area contributed by atoms with E-state index in [9.17, 15) is 4.79 Å². The maximum absolute atomic E-state index is 12.3. The third kappa shape index (κ3) is 2.79. The van der Waals surface area contributed by atoms with Gasteiger partial charge in [-0.15, -0.1) is 0 Å². The number of carbonyl (C=O) groups excluding carboxylic acids is 1. The van der Waals surface area contributed by atoms with Gasteiger partial charge in [-0.3, -0.25) is 9.69 Å². The molecule has 5 nitrogen and oxygen atoms in total. The summed E-state index contributed by atoms with van der Waals surface area (Å²) in [5, 5.41) is 8.98. The summed E-state index contributed by atoms with van der Waals surface area (Å²) in [6, 6.07) is 5.76. The molecule has 102 valence electrons. The van der Waals surface area contributed by atoms with Gasteiger partial charge in [-0.25, -0.2) is 0 Å². The van der Waals surface area contributed by atoms with Gasteiger partial charge in [0.15, 0.2) is 0 Å². The highest BCUT2D eigenvalue weighted by Gasteiger charge is 2.36. The zero-order valence-electron chi connectivity index (χ0n) is 11.3. The van der Waals surface area contributed by atoms with Gasteiger partial charge in [-0.2, -0.15) is 5.26 Å². The van der Waals surface area contributed by atoms with Crippen LogP contribution in [0.5, 0.6) is 0 Å². The fraction of sp³-hybridized carbons (Fsp3) is 0.571. The highest BCUT2D eigenvalue weighted by Crippen LogP contribution is 2.32. The van der Waals surface area contributed by atoms with Crippen molar-refractivity contribution < 1.29 is 9.21 Å². The van der Waals surface area contributed by atoms with Crippen molar-refractivity contribution in [2.45, 2.75) is 38.1 Å². The average Bonchev–Trinajstić information content (AvgIpc) is 2.85. The molecule has 1 aliphatic rings. The van der Waals surface area contributed by atoms with Crippen LogP contribution in [-0.2, 0) is 4.79 Å². The Balaban J connectivity index is 2.00. The first-order valence-electron chi connectivity index (χ1n) is 6.49. The molecule has 1 aromatic heterocycles. The van der Waals surface area contributed by atoms with Crippen LogP contribution in [0.25, 0.3) is 0 Å². The molecule has 1 aliphatic carbocycles. The third-order valence-corrected chi connectivity index (χ3v) is 3.84. The summed E-state index contributed by atoms with van der Waals surface area (Å²) >= 11 is 0. The number of aryl methyl sites for hydroxylation is 1. The molecule has 1 saturated carbocycles. The van der Waals surface area contributed by atoms with Crippen molar-refractivity contribution in [3.8, 4) is 6.07 Å². The van der Waals surface area contributed by atoms with Crippen molar-refractivity contribution in [1.82, 2.24) is 0 Å². The lowest BCUT2D eigenvalue weighted by Crippen LogP contribution is -2.45. The van der Waals surface area contributed by atoms with Crippen LogP contribution in [0.2, 0.25) is 0 Å². The molecule has 5 heteroatoms. The number of rotatable bonds is 2. The fourth-order valence-corrected chi connectivity index (χ4v) is 2.48. The Kier molecular flexibility index (Phi) is 3.63. The maximum atomic E-state index is 12.3. The third-order valence-electron chi connectivity index (χ3n) is 3.84. The van der Waals surface area contributed by atoms with Crippen molar-refractivity contribution in [3.63, 3.8) is 0 Å². The second-order valence-electron chi connectivity index (χ2n) is 5.32. The van der Waals surface area contributed by atoms with Crippen LogP contribution in [0.15, 0.2) is 16.5 Å². The number of nitrogens with two attached hydrogens (primary N) is 1. The van der Waals surface area contributed by atoms with E-state index in [0.717, 1.165) is 5.76 Å². The van der Waals surface area contributed by atoms with E-state index >= 15 is 0 Å². The molecule has 19 heavy (non-hydrogen) atoms. The van der Waals surface area contributed by atoms with E-state index in [1.807, 2.05) is 13.0 Å². The van der Waals surface area contributed by atoms with E-state index in [0.29, 0.717) is 31.6 Å². The zero-order chi connectivity index (χ0) is 14.0. The summed E-state index contributed by atoms with van der Waals surface area (Å²) in [6.45, 7) is 1.85. The first kappa shape index (κ1) is 13.6. The van der Waals surface area contributed by atoms with Crippen molar-refractivity contribution in [3.05, 3.63) is 17.9 Å². The molecule has 1 heterocycles. The van der Waals surface area contributed by atoms with E-state index in [1.165, 1.54) is 0 Å². The molecule has 2 rings (SSSR count). The smallest absolute Gasteiger partial charge is 0.232 e. The highest BCUT2D eigenvalue weighted by atomic mass is 16.4. The minimum Gasteiger partial charge on any atom is -0.445 e. The Labute approximate surface area is 113 Å². The Morgan fingerprint density at radius 2 is 2.16 bits per heavy atom. The second kappa shape index (κ2) is 5.06. The molecular formula is C14H19N3O2. The van der Waals surface area contributed by atoms with Crippen LogP contribution in [-0.4, -0.2) is 18.5 Å². The quantitative estimate of drug-likeness (QED) is 0.882. The van der Waals surface area contributed by atoms with Gasteiger partial charge in [0.05, 0.1) is 6.07 Å². The Bertz CT molecular complexity index is 507. The maximum Gasteiger partial charge on any atom is 0.232 e. The monoisotopic (exact) mass is 261 g/mol. The standard InChI is InChI=1S/C14H19N3O2/c1-10-3-4-12(19-10)17(2)13(18)11-5-7-14(16,9-15)8-6-11/h3-4,11H,5-8,16H2,1-2H3. The van der Waals surface area contributed by atoms with E-state index in [2.05, 4.69) is 6.07 Å². The van der Waals surface area contributed by atoms with Crippen LogP contribution in [0.1, 0.15) is 31.4 Å². The molecule has 0 unspecified atom stereocenters. The molecule has 0 radical (unpaired) electrons.